The third kappa shape index (κ3) is 5.88. The molecule has 5 nitrogen and oxygen atoms in total. The average molecular weight is 358 g/mol. The van der Waals surface area contributed by atoms with E-state index in [1.54, 1.807) is 43.3 Å². The third-order valence-electron chi connectivity index (χ3n) is 3.72. The summed E-state index contributed by atoms with van der Waals surface area (Å²) in [5.41, 5.74) is 2.59. The van der Waals surface area contributed by atoms with Crippen molar-refractivity contribution >= 4 is 17.6 Å². The van der Waals surface area contributed by atoms with Crippen molar-refractivity contribution in [3.8, 4) is 0 Å². The van der Waals surface area contributed by atoms with Crippen LogP contribution in [0.25, 0.3) is 0 Å². The topological polar surface area (TPSA) is 67.4 Å². The number of halogens is 1. The third-order valence-corrected chi connectivity index (χ3v) is 3.72. The molecular weight excluding hydrogens is 335 g/mol. The van der Waals surface area contributed by atoms with Crippen molar-refractivity contribution in [1.82, 2.24) is 5.32 Å². The summed E-state index contributed by atoms with van der Waals surface area (Å²) < 4.78 is 18.3. The van der Waals surface area contributed by atoms with Gasteiger partial charge in [-0.05, 0) is 54.8 Å². The predicted octanol–water partition coefficient (Wildman–Crippen LogP) is 3.43. The monoisotopic (exact) mass is 358 g/mol. The fourth-order valence-corrected chi connectivity index (χ4v) is 2.26. The van der Waals surface area contributed by atoms with Gasteiger partial charge in [0.25, 0.3) is 0 Å². The van der Waals surface area contributed by atoms with Gasteiger partial charge in [0.2, 0.25) is 5.91 Å². The van der Waals surface area contributed by atoms with Gasteiger partial charge >= 0.3 is 5.97 Å². The smallest absolute Gasteiger partial charge is 0.338 e. The Kier molecular flexibility index (Phi) is 7.14. The summed E-state index contributed by atoms with van der Waals surface area (Å²) in [6.07, 6.45) is 0.776. The molecule has 0 aliphatic rings. The number of carbonyl (C=O) groups excluding carboxylic acids is 2. The largest absolute Gasteiger partial charge is 0.462 e. The highest BCUT2D eigenvalue weighted by atomic mass is 19.1. The van der Waals surface area contributed by atoms with Crippen LogP contribution in [0.4, 0.5) is 10.1 Å². The molecule has 1 amide bonds. The zero-order chi connectivity index (χ0) is 18.9. The van der Waals surface area contributed by atoms with E-state index in [1.807, 2.05) is 6.92 Å². The minimum absolute atomic E-state index is 0.0970. The highest BCUT2D eigenvalue weighted by Gasteiger charge is 2.07. The zero-order valence-electron chi connectivity index (χ0n) is 15.0. The maximum atomic E-state index is 13.2. The summed E-state index contributed by atoms with van der Waals surface area (Å²) in [6.45, 7) is 4.45. The fraction of sp³-hybridized carbons (Fsp3) is 0.300. The Morgan fingerprint density at radius 2 is 1.85 bits per heavy atom. The highest BCUT2D eigenvalue weighted by Crippen LogP contribution is 2.11. The molecule has 138 valence electrons. The summed E-state index contributed by atoms with van der Waals surface area (Å²) >= 11 is 0. The van der Waals surface area contributed by atoms with Crippen molar-refractivity contribution in [2.75, 3.05) is 18.5 Å². The van der Waals surface area contributed by atoms with E-state index in [9.17, 15) is 14.0 Å². The van der Waals surface area contributed by atoms with Crippen molar-refractivity contribution in [1.29, 1.82) is 0 Å². The van der Waals surface area contributed by atoms with E-state index in [0.29, 0.717) is 24.3 Å². The van der Waals surface area contributed by atoms with Crippen LogP contribution in [0.2, 0.25) is 0 Å². The summed E-state index contributed by atoms with van der Waals surface area (Å²) in [4.78, 5) is 23.6. The molecule has 2 rings (SSSR count). The van der Waals surface area contributed by atoms with Crippen molar-refractivity contribution < 1.29 is 18.7 Å². The van der Waals surface area contributed by atoms with Crippen LogP contribution < -0.4 is 10.6 Å². The van der Waals surface area contributed by atoms with Gasteiger partial charge in [0.15, 0.2) is 0 Å². The second-order valence-corrected chi connectivity index (χ2v) is 5.93. The number of benzene rings is 2. The molecule has 0 aromatic heterocycles. The van der Waals surface area contributed by atoms with Gasteiger partial charge in [-0.1, -0.05) is 19.1 Å². The molecule has 0 bridgehead atoms. The first kappa shape index (κ1) is 19.4. The zero-order valence-corrected chi connectivity index (χ0v) is 15.0. The number of aryl methyl sites for hydroxylation is 1. The number of nitrogens with one attached hydrogen (secondary N) is 2. The van der Waals surface area contributed by atoms with Gasteiger partial charge in [0, 0.05) is 12.2 Å². The van der Waals surface area contributed by atoms with E-state index in [2.05, 4.69) is 10.6 Å². The van der Waals surface area contributed by atoms with Crippen LogP contribution in [0.5, 0.6) is 0 Å². The van der Waals surface area contributed by atoms with E-state index < -0.39 is 0 Å². The minimum atomic E-state index is -0.356. The maximum Gasteiger partial charge on any atom is 0.338 e. The lowest BCUT2D eigenvalue weighted by Crippen LogP contribution is -2.29. The SMILES string of the molecule is CCCOC(=O)c1ccc(NCC(=O)NCc2ccc(F)c(C)c2)cc1. The summed E-state index contributed by atoms with van der Waals surface area (Å²) in [7, 11) is 0. The molecular formula is C20H23FN2O3. The van der Waals surface area contributed by atoms with Crippen molar-refractivity contribution in [3.05, 3.63) is 65.0 Å². The maximum absolute atomic E-state index is 13.2. The quantitative estimate of drug-likeness (QED) is 0.710. The molecule has 6 heteroatoms. The Labute approximate surface area is 152 Å². The number of hydrogen-bond acceptors (Lipinski definition) is 4. The number of amides is 1. The molecule has 0 unspecified atom stereocenters. The molecule has 0 aliphatic carbocycles. The van der Waals surface area contributed by atoms with Crippen LogP contribution in [0, 0.1) is 12.7 Å². The lowest BCUT2D eigenvalue weighted by atomic mass is 10.1. The molecule has 26 heavy (non-hydrogen) atoms. The lowest BCUT2D eigenvalue weighted by Gasteiger charge is -2.09. The average Bonchev–Trinajstić information content (AvgIpc) is 2.65. The van der Waals surface area contributed by atoms with Gasteiger partial charge < -0.3 is 15.4 Å². The highest BCUT2D eigenvalue weighted by molar-refractivity contribution is 5.90. The predicted molar refractivity (Wildman–Crippen MR) is 98.5 cm³/mol. The van der Waals surface area contributed by atoms with Crippen LogP contribution in [0.1, 0.15) is 34.8 Å². The van der Waals surface area contributed by atoms with E-state index >= 15 is 0 Å². The number of anilines is 1. The van der Waals surface area contributed by atoms with Gasteiger partial charge in [0.05, 0.1) is 18.7 Å². The summed E-state index contributed by atoms with van der Waals surface area (Å²) in [6, 6.07) is 11.5. The van der Waals surface area contributed by atoms with Gasteiger partial charge in [-0.3, -0.25) is 4.79 Å². The number of esters is 1. The molecule has 0 aliphatic heterocycles. The Hall–Kier alpha value is -2.89. The second-order valence-electron chi connectivity index (χ2n) is 5.93. The Morgan fingerprint density at radius 3 is 2.50 bits per heavy atom. The molecule has 0 saturated carbocycles. The van der Waals surface area contributed by atoms with Gasteiger partial charge in [-0.15, -0.1) is 0 Å². The van der Waals surface area contributed by atoms with Gasteiger partial charge in [-0.2, -0.15) is 0 Å². The molecule has 2 aromatic rings. The fourth-order valence-electron chi connectivity index (χ4n) is 2.26. The summed E-state index contributed by atoms with van der Waals surface area (Å²) in [5, 5.41) is 5.76. The van der Waals surface area contributed by atoms with Crippen LogP contribution >= 0.6 is 0 Å². The van der Waals surface area contributed by atoms with E-state index in [1.165, 1.54) is 6.07 Å². The summed E-state index contributed by atoms with van der Waals surface area (Å²) in [5.74, 6) is -0.798. The Bertz CT molecular complexity index is 760. The van der Waals surface area contributed by atoms with Crippen LogP contribution in [-0.2, 0) is 16.1 Å². The van der Waals surface area contributed by atoms with E-state index in [4.69, 9.17) is 4.74 Å². The first-order valence-corrected chi connectivity index (χ1v) is 8.52. The normalized spacial score (nSPS) is 10.3. The van der Waals surface area contributed by atoms with Gasteiger partial charge in [0.1, 0.15) is 5.82 Å². The molecule has 2 N–H and O–H groups in total. The molecule has 2 aromatic carbocycles. The van der Waals surface area contributed by atoms with Crippen LogP contribution in [0.3, 0.4) is 0 Å². The van der Waals surface area contributed by atoms with Crippen molar-refractivity contribution in [3.63, 3.8) is 0 Å². The first-order valence-electron chi connectivity index (χ1n) is 8.52. The Balaban J connectivity index is 1.78. The molecule has 0 radical (unpaired) electrons. The number of rotatable bonds is 8. The molecule has 0 fully saturated rings. The Morgan fingerprint density at radius 1 is 1.12 bits per heavy atom. The standard InChI is InChI=1S/C20H23FN2O3/c1-3-10-26-20(25)16-5-7-17(8-6-16)22-13-19(24)23-12-15-4-9-18(21)14(2)11-15/h4-9,11,22H,3,10,12-13H2,1-2H3,(H,23,24). The molecule has 0 atom stereocenters. The number of ether oxygens (including phenoxy) is 1. The van der Waals surface area contributed by atoms with Crippen LogP contribution in [-0.4, -0.2) is 25.0 Å². The number of hydrogen-bond donors (Lipinski definition) is 2. The van der Waals surface area contributed by atoms with E-state index in [-0.39, 0.29) is 24.2 Å². The van der Waals surface area contributed by atoms with Crippen LogP contribution in [0.15, 0.2) is 42.5 Å². The van der Waals surface area contributed by atoms with E-state index in [0.717, 1.165) is 17.7 Å². The molecule has 0 heterocycles. The van der Waals surface area contributed by atoms with Crippen molar-refractivity contribution in [2.24, 2.45) is 0 Å². The minimum Gasteiger partial charge on any atom is -0.462 e. The second kappa shape index (κ2) is 9.56. The molecule has 0 spiro atoms. The first-order chi connectivity index (χ1) is 12.5. The number of carbonyl (C=O) groups is 2. The van der Waals surface area contributed by atoms with Gasteiger partial charge in [-0.25, -0.2) is 9.18 Å². The lowest BCUT2D eigenvalue weighted by molar-refractivity contribution is -0.119. The molecule has 0 saturated heterocycles. The van der Waals surface area contributed by atoms with Crippen molar-refractivity contribution in [2.45, 2.75) is 26.8 Å².